The number of ether oxygens (including phenoxy) is 5. The number of benzene rings is 4. The van der Waals surface area contributed by atoms with E-state index in [1.165, 1.54) is 0 Å². The quantitative estimate of drug-likeness (QED) is 0.128. The summed E-state index contributed by atoms with van der Waals surface area (Å²) in [5.74, 6) is -2.85. The maximum atomic E-state index is 13.3. The molecule has 5 atom stereocenters. The highest BCUT2D eigenvalue weighted by atomic mass is 79.9. The van der Waals surface area contributed by atoms with Gasteiger partial charge < -0.3 is 23.7 Å². The van der Waals surface area contributed by atoms with E-state index in [9.17, 15) is 19.2 Å². The lowest BCUT2D eigenvalue weighted by molar-refractivity contribution is -0.205. The lowest BCUT2D eigenvalue weighted by atomic mass is 9.99. The first kappa shape index (κ1) is 30.7. The lowest BCUT2D eigenvalue weighted by Gasteiger charge is -2.43. The Balaban J connectivity index is 1.48. The fraction of sp³-hybridized carbons (Fsp3) is 0.176. The van der Waals surface area contributed by atoms with Gasteiger partial charge in [0.1, 0.15) is 12.7 Å². The van der Waals surface area contributed by atoms with Gasteiger partial charge in [0.15, 0.2) is 23.3 Å². The van der Waals surface area contributed by atoms with Crippen molar-refractivity contribution in [3.63, 3.8) is 0 Å². The minimum Gasteiger partial charge on any atom is -0.459 e. The Kier molecular flexibility index (Phi) is 10.2. The normalized spacial score (nSPS) is 21.0. The first-order chi connectivity index (χ1) is 21.4. The van der Waals surface area contributed by atoms with Gasteiger partial charge in [0, 0.05) is 0 Å². The number of carbonyl (C=O) groups is 4. The maximum Gasteiger partial charge on any atom is 0.338 e. The van der Waals surface area contributed by atoms with E-state index in [2.05, 4.69) is 15.9 Å². The van der Waals surface area contributed by atoms with Crippen molar-refractivity contribution in [2.24, 2.45) is 0 Å². The molecule has 0 aliphatic carbocycles. The minimum absolute atomic E-state index is 0.221. The van der Waals surface area contributed by atoms with Crippen LogP contribution in [0.2, 0.25) is 0 Å². The van der Waals surface area contributed by atoms with Crippen LogP contribution in [0.5, 0.6) is 0 Å². The molecule has 0 aromatic heterocycles. The molecule has 0 spiro atoms. The average molecular weight is 659 g/mol. The van der Waals surface area contributed by atoms with E-state index in [1.807, 2.05) is 0 Å². The maximum absolute atomic E-state index is 13.3. The van der Waals surface area contributed by atoms with E-state index in [0.29, 0.717) is 5.56 Å². The van der Waals surface area contributed by atoms with Crippen LogP contribution < -0.4 is 0 Å². The van der Waals surface area contributed by atoms with Gasteiger partial charge in [0.25, 0.3) is 0 Å². The molecule has 1 heterocycles. The highest BCUT2D eigenvalue weighted by Gasteiger charge is 2.52. The molecular weight excluding hydrogens is 632 g/mol. The van der Waals surface area contributed by atoms with Crippen LogP contribution in [0.15, 0.2) is 121 Å². The Labute approximate surface area is 261 Å². The van der Waals surface area contributed by atoms with Gasteiger partial charge in [-0.25, -0.2) is 19.2 Å². The van der Waals surface area contributed by atoms with Gasteiger partial charge in [0.05, 0.1) is 22.3 Å². The molecule has 0 saturated carbocycles. The van der Waals surface area contributed by atoms with Crippen LogP contribution in [0.3, 0.4) is 0 Å². The average Bonchev–Trinajstić information content (AvgIpc) is 3.07. The molecule has 9 nitrogen and oxygen atoms in total. The van der Waals surface area contributed by atoms with Gasteiger partial charge >= 0.3 is 23.9 Å². The first-order valence-electron chi connectivity index (χ1n) is 13.7. The largest absolute Gasteiger partial charge is 0.459 e. The fourth-order valence-corrected chi connectivity index (χ4v) is 5.20. The molecule has 1 aliphatic heterocycles. The summed E-state index contributed by atoms with van der Waals surface area (Å²) in [5, 5.41) is -1.05. The number of rotatable bonds is 9. The highest BCUT2D eigenvalue weighted by Crippen LogP contribution is 2.33. The van der Waals surface area contributed by atoms with Crippen molar-refractivity contribution in [2.45, 2.75) is 29.4 Å². The standard InChI is InChI=1S/C34H27BrO9/c35-30-29(44-34(39)25-19-11-4-12-20-25)28(43-33(38)24-17-9-3-10-18-24)27(42-32(37)23-15-7-2-8-16-23)26(41-30)21-40-31(36)22-13-5-1-6-14-22/h1-20,26-30H,21H2/t26-,27-,28-,29-,30+/m0/s1. The summed E-state index contributed by atoms with van der Waals surface area (Å²) in [4.78, 5) is 52.6. The molecule has 1 saturated heterocycles. The Morgan fingerprint density at radius 3 is 1.25 bits per heavy atom. The predicted molar refractivity (Wildman–Crippen MR) is 161 cm³/mol. The summed E-state index contributed by atoms with van der Waals surface area (Å²) in [7, 11) is 0. The third kappa shape index (κ3) is 7.58. The van der Waals surface area contributed by atoms with Gasteiger partial charge in [-0.1, -0.05) is 88.7 Å². The third-order valence-electron chi connectivity index (χ3n) is 6.72. The number of hydrogen-bond acceptors (Lipinski definition) is 9. The minimum atomic E-state index is -1.37. The molecule has 10 heteroatoms. The molecule has 0 amide bonds. The Morgan fingerprint density at radius 1 is 0.500 bits per heavy atom. The predicted octanol–water partition coefficient (Wildman–Crippen LogP) is 5.64. The Bertz CT molecular complexity index is 1570. The van der Waals surface area contributed by atoms with Gasteiger partial charge in [-0.2, -0.15) is 0 Å². The molecule has 224 valence electrons. The van der Waals surface area contributed by atoms with Gasteiger partial charge in [0.2, 0.25) is 0 Å². The van der Waals surface area contributed by atoms with Crippen molar-refractivity contribution < 1.29 is 42.9 Å². The molecule has 1 aliphatic rings. The van der Waals surface area contributed by atoms with Gasteiger partial charge in [-0.15, -0.1) is 0 Å². The SMILES string of the molecule is O=C(OC[C@@H]1O[C@@H](Br)[C@@H](OC(=O)c2ccccc2)[C@@H](OC(=O)c2ccccc2)[C@H]1OC(=O)c1ccccc1)c1ccccc1. The molecule has 0 unspecified atom stereocenters. The monoisotopic (exact) mass is 658 g/mol. The zero-order chi connectivity index (χ0) is 30.9. The van der Waals surface area contributed by atoms with Gasteiger partial charge in [-0.3, -0.25) is 0 Å². The highest BCUT2D eigenvalue weighted by molar-refractivity contribution is 9.09. The van der Waals surface area contributed by atoms with Crippen molar-refractivity contribution in [3.8, 4) is 0 Å². The second-order valence-corrected chi connectivity index (χ2v) is 10.6. The number of carbonyl (C=O) groups excluding carboxylic acids is 4. The van der Waals surface area contributed by atoms with E-state index in [1.54, 1.807) is 121 Å². The van der Waals surface area contributed by atoms with Crippen LogP contribution in [0.4, 0.5) is 0 Å². The van der Waals surface area contributed by atoms with Crippen molar-refractivity contribution >= 4 is 39.8 Å². The van der Waals surface area contributed by atoms with Crippen LogP contribution in [0.25, 0.3) is 0 Å². The molecule has 4 aromatic rings. The molecule has 0 N–H and O–H groups in total. The van der Waals surface area contributed by atoms with E-state index in [0.717, 1.165) is 0 Å². The first-order valence-corrected chi connectivity index (χ1v) is 14.6. The zero-order valence-electron chi connectivity index (χ0n) is 23.2. The second kappa shape index (κ2) is 14.6. The second-order valence-electron chi connectivity index (χ2n) is 9.70. The lowest BCUT2D eigenvalue weighted by Crippen LogP contribution is -2.61. The molecule has 4 aromatic carbocycles. The van der Waals surface area contributed by atoms with E-state index >= 15 is 0 Å². The summed E-state index contributed by atoms with van der Waals surface area (Å²) in [6.07, 6.45) is -5.13. The summed E-state index contributed by atoms with van der Waals surface area (Å²) in [6, 6.07) is 32.9. The Hall–Kier alpha value is -4.80. The summed E-state index contributed by atoms with van der Waals surface area (Å²) in [5.41, 5.74) is 0.994. The van der Waals surface area contributed by atoms with Crippen molar-refractivity contribution in [1.29, 1.82) is 0 Å². The van der Waals surface area contributed by atoms with E-state index < -0.39 is 53.3 Å². The smallest absolute Gasteiger partial charge is 0.338 e. The molecule has 5 rings (SSSR count). The van der Waals surface area contributed by atoms with Crippen molar-refractivity contribution in [1.82, 2.24) is 0 Å². The third-order valence-corrected chi connectivity index (χ3v) is 7.46. The molecule has 44 heavy (non-hydrogen) atoms. The van der Waals surface area contributed by atoms with Crippen molar-refractivity contribution in [2.75, 3.05) is 6.61 Å². The number of esters is 4. The fourth-order valence-electron chi connectivity index (χ4n) is 4.51. The Morgan fingerprint density at radius 2 is 0.841 bits per heavy atom. The molecule has 1 fully saturated rings. The summed E-state index contributed by atoms with van der Waals surface area (Å²) >= 11 is 3.40. The van der Waals surface area contributed by atoms with E-state index in [4.69, 9.17) is 23.7 Å². The van der Waals surface area contributed by atoms with Crippen LogP contribution in [0, 0.1) is 0 Å². The van der Waals surface area contributed by atoms with Crippen LogP contribution in [-0.2, 0) is 23.7 Å². The van der Waals surface area contributed by atoms with Crippen LogP contribution >= 0.6 is 15.9 Å². The summed E-state index contributed by atoms with van der Waals surface area (Å²) in [6.45, 7) is -0.374. The number of alkyl halides is 1. The topological polar surface area (TPSA) is 114 Å². The number of hydrogen-bond donors (Lipinski definition) is 0. The van der Waals surface area contributed by atoms with Crippen LogP contribution in [-0.4, -0.2) is 59.9 Å². The number of halogens is 1. The molecule has 0 bridgehead atoms. The van der Waals surface area contributed by atoms with Crippen molar-refractivity contribution in [3.05, 3.63) is 144 Å². The zero-order valence-corrected chi connectivity index (χ0v) is 24.8. The molecule has 0 radical (unpaired) electrons. The van der Waals surface area contributed by atoms with Crippen LogP contribution in [0.1, 0.15) is 41.4 Å². The van der Waals surface area contributed by atoms with E-state index in [-0.39, 0.29) is 23.3 Å². The van der Waals surface area contributed by atoms with Gasteiger partial charge in [-0.05, 0) is 48.5 Å². The molecular formula is C34H27BrO9. The summed E-state index contributed by atoms with van der Waals surface area (Å²) < 4.78 is 29.3.